The van der Waals surface area contributed by atoms with Gasteiger partial charge in [0.05, 0.1) is 36.3 Å². The number of ether oxygens (including phenoxy) is 2. The van der Waals surface area contributed by atoms with Crippen LogP contribution in [0.2, 0.25) is 0 Å². The van der Waals surface area contributed by atoms with Gasteiger partial charge in [0.2, 0.25) is 5.91 Å². The number of hydrogen-bond donors (Lipinski definition) is 3. The molecule has 0 aliphatic heterocycles. The molecule has 1 amide bonds. The summed E-state index contributed by atoms with van der Waals surface area (Å²) in [6, 6.07) is 0. The van der Waals surface area contributed by atoms with E-state index in [4.69, 9.17) is 9.47 Å². The lowest BCUT2D eigenvalue weighted by molar-refractivity contribution is -0.141. The second kappa shape index (κ2) is 12.4. The van der Waals surface area contributed by atoms with Crippen LogP contribution >= 0.6 is 0 Å². The zero-order chi connectivity index (χ0) is 29.7. The highest BCUT2D eigenvalue weighted by molar-refractivity contribution is 5.92. The van der Waals surface area contributed by atoms with Gasteiger partial charge in [-0.15, -0.1) is 0 Å². The smallest absolute Gasteiger partial charge is 0.222 e. The Morgan fingerprint density at radius 3 is 1.70 bits per heavy atom. The van der Waals surface area contributed by atoms with Crippen LogP contribution in [0.4, 0.5) is 0 Å². The summed E-state index contributed by atoms with van der Waals surface area (Å²) in [7, 11) is 0. The van der Waals surface area contributed by atoms with Crippen LogP contribution in [0.1, 0.15) is 124 Å². The van der Waals surface area contributed by atoms with Crippen LogP contribution in [0, 0.1) is 10.8 Å². The van der Waals surface area contributed by atoms with E-state index in [2.05, 4.69) is 50.6 Å². The van der Waals surface area contributed by atoms with Gasteiger partial charge in [-0.2, -0.15) is 0 Å². The number of rotatable bonds is 15. The number of carbonyl (C=O) groups is 2. The first-order valence-corrected chi connectivity index (χ1v) is 13.8. The van der Waals surface area contributed by atoms with Crippen molar-refractivity contribution in [2.45, 2.75) is 152 Å². The SMILES string of the molecule is CC(C)(CNC(C)(C)C)CC(C)(C)C(=O)C(C)(C)NC(C)(C)OCCC(=O)NC(C)(C)COC(C)(C)C. The average Bonchev–Trinajstić information content (AvgIpc) is 2.61. The van der Waals surface area contributed by atoms with Gasteiger partial charge in [0.25, 0.3) is 0 Å². The predicted molar refractivity (Wildman–Crippen MR) is 155 cm³/mol. The lowest BCUT2D eigenvalue weighted by Gasteiger charge is -2.43. The minimum Gasteiger partial charge on any atom is -0.373 e. The Labute approximate surface area is 229 Å². The van der Waals surface area contributed by atoms with Crippen molar-refractivity contribution >= 4 is 11.7 Å². The summed E-state index contributed by atoms with van der Waals surface area (Å²) >= 11 is 0. The summed E-state index contributed by atoms with van der Waals surface area (Å²) in [6.07, 6.45) is 0.974. The Bertz CT molecular complexity index is 754. The van der Waals surface area contributed by atoms with E-state index in [1.165, 1.54) is 0 Å². The summed E-state index contributed by atoms with van der Waals surface area (Å²) < 4.78 is 11.9. The molecular formula is C30H61N3O4. The summed E-state index contributed by atoms with van der Waals surface area (Å²) in [5, 5.41) is 9.99. The summed E-state index contributed by atoms with van der Waals surface area (Å²) in [4.78, 5) is 26.2. The maximum Gasteiger partial charge on any atom is 0.222 e. The third-order valence-electron chi connectivity index (χ3n) is 5.95. The van der Waals surface area contributed by atoms with Crippen LogP contribution in [0.25, 0.3) is 0 Å². The van der Waals surface area contributed by atoms with Crippen molar-refractivity contribution in [1.29, 1.82) is 0 Å². The largest absolute Gasteiger partial charge is 0.373 e. The minimum absolute atomic E-state index is 0.0282. The van der Waals surface area contributed by atoms with E-state index in [9.17, 15) is 9.59 Å². The van der Waals surface area contributed by atoms with Crippen LogP contribution in [0.5, 0.6) is 0 Å². The van der Waals surface area contributed by atoms with E-state index in [-0.39, 0.29) is 41.3 Å². The molecule has 0 saturated heterocycles. The molecule has 0 aromatic carbocycles. The van der Waals surface area contributed by atoms with Crippen LogP contribution in [0.15, 0.2) is 0 Å². The molecule has 0 aromatic rings. The Hall–Kier alpha value is -1.02. The van der Waals surface area contributed by atoms with E-state index in [1.807, 2.05) is 76.2 Å². The molecule has 0 heterocycles. The van der Waals surface area contributed by atoms with E-state index in [0.29, 0.717) is 6.61 Å². The number of amides is 1. The Balaban J connectivity index is 4.98. The second-order valence-electron chi connectivity index (χ2n) is 15.8. The average molecular weight is 528 g/mol. The molecule has 220 valence electrons. The minimum atomic E-state index is -0.810. The van der Waals surface area contributed by atoms with E-state index in [0.717, 1.165) is 13.0 Å². The molecule has 7 heteroatoms. The van der Waals surface area contributed by atoms with Crippen molar-refractivity contribution in [3.05, 3.63) is 0 Å². The van der Waals surface area contributed by atoms with Gasteiger partial charge in [-0.1, -0.05) is 27.7 Å². The Morgan fingerprint density at radius 1 is 0.730 bits per heavy atom. The molecule has 0 bridgehead atoms. The molecule has 0 aliphatic carbocycles. The summed E-state index contributed by atoms with van der Waals surface area (Å²) in [5.41, 5.74) is -2.89. The van der Waals surface area contributed by atoms with Crippen molar-refractivity contribution in [3.8, 4) is 0 Å². The number of carbonyl (C=O) groups excluding carboxylic acids is 2. The highest BCUT2D eigenvalue weighted by Gasteiger charge is 2.44. The maximum atomic E-state index is 13.7. The Morgan fingerprint density at radius 2 is 1.24 bits per heavy atom. The first-order chi connectivity index (χ1) is 16.1. The van der Waals surface area contributed by atoms with Crippen LogP contribution in [0.3, 0.4) is 0 Å². The molecule has 7 nitrogen and oxygen atoms in total. The lowest BCUT2D eigenvalue weighted by atomic mass is 9.68. The molecule has 0 radical (unpaired) electrons. The van der Waals surface area contributed by atoms with Crippen molar-refractivity contribution in [1.82, 2.24) is 16.0 Å². The molecule has 0 spiro atoms. The van der Waals surface area contributed by atoms with Gasteiger partial charge in [-0.25, -0.2) is 0 Å². The van der Waals surface area contributed by atoms with Crippen LogP contribution < -0.4 is 16.0 Å². The first kappa shape index (κ1) is 36.0. The van der Waals surface area contributed by atoms with Gasteiger partial charge >= 0.3 is 0 Å². The fourth-order valence-electron chi connectivity index (χ4n) is 4.81. The van der Waals surface area contributed by atoms with Gasteiger partial charge < -0.3 is 20.1 Å². The molecule has 0 aliphatic rings. The van der Waals surface area contributed by atoms with Crippen LogP contribution in [-0.2, 0) is 19.1 Å². The van der Waals surface area contributed by atoms with Crippen LogP contribution in [-0.4, -0.2) is 59.4 Å². The molecule has 0 saturated carbocycles. The third kappa shape index (κ3) is 15.9. The number of Topliss-reactive ketones (excluding diaryl/α,β-unsaturated/α-hetero) is 1. The van der Waals surface area contributed by atoms with Crippen molar-refractivity contribution in [2.24, 2.45) is 10.8 Å². The highest BCUT2D eigenvalue weighted by atomic mass is 16.5. The summed E-state index contributed by atoms with van der Waals surface area (Å²) in [6.45, 7) is 33.9. The summed E-state index contributed by atoms with van der Waals surface area (Å²) in [5.74, 6) is 0.0414. The second-order valence-corrected chi connectivity index (χ2v) is 15.8. The Kier molecular flexibility index (Phi) is 12.1. The molecule has 3 N–H and O–H groups in total. The number of ketones is 1. The molecule has 0 atom stereocenters. The molecule has 0 aromatic heterocycles. The highest BCUT2D eigenvalue weighted by Crippen LogP contribution is 2.37. The van der Waals surface area contributed by atoms with Gasteiger partial charge in [-0.05, 0) is 94.9 Å². The van der Waals surface area contributed by atoms with Crippen molar-refractivity contribution in [3.63, 3.8) is 0 Å². The third-order valence-corrected chi connectivity index (χ3v) is 5.95. The lowest BCUT2D eigenvalue weighted by Crippen LogP contribution is -2.60. The van der Waals surface area contributed by atoms with E-state index >= 15 is 0 Å². The molecule has 0 fully saturated rings. The van der Waals surface area contributed by atoms with Crippen molar-refractivity contribution < 1.29 is 19.1 Å². The van der Waals surface area contributed by atoms with E-state index < -0.39 is 22.2 Å². The number of hydrogen-bond acceptors (Lipinski definition) is 6. The van der Waals surface area contributed by atoms with Crippen molar-refractivity contribution in [2.75, 3.05) is 19.8 Å². The fourth-order valence-corrected chi connectivity index (χ4v) is 4.81. The normalized spacial score (nSPS) is 14.6. The van der Waals surface area contributed by atoms with Gasteiger partial charge in [0.1, 0.15) is 5.72 Å². The quantitative estimate of drug-likeness (QED) is 0.240. The monoisotopic (exact) mass is 527 g/mol. The standard InChI is InChI=1S/C30H61N3O4/c1-24(2,3)31-20-26(7,8)19-27(9,10)23(35)29(13,14)33-30(15,16)36-18-17-22(34)32-28(11,12)21-37-25(4,5)6/h31,33H,17-21H2,1-16H3,(H,32,34). The number of nitrogens with one attached hydrogen (secondary N) is 3. The predicted octanol–water partition coefficient (Wildman–Crippen LogP) is 5.61. The molecule has 37 heavy (non-hydrogen) atoms. The topological polar surface area (TPSA) is 88.7 Å². The fraction of sp³-hybridized carbons (Fsp3) is 0.933. The molecular weight excluding hydrogens is 466 g/mol. The zero-order valence-electron chi connectivity index (χ0n) is 27.2. The maximum absolute atomic E-state index is 13.7. The first-order valence-electron chi connectivity index (χ1n) is 13.8. The van der Waals surface area contributed by atoms with E-state index in [1.54, 1.807) is 0 Å². The van der Waals surface area contributed by atoms with Gasteiger partial charge in [0.15, 0.2) is 5.78 Å². The van der Waals surface area contributed by atoms with Gasteiger partial charge in [0, 0.05) is 17.5 Å². The van der Waals surface area contributed by atoms with Gasteiger partial charge in [-0.3, -0.25) is 14.9 Å². The molecule has 0 unspecified atom stereocenters. The molecule has 0 rings (SSSR count). The zero-order valence-corrected chi connectivity index (χ0v) is 27.2.